The van der Waals surface area contributed by atoms with E-state index in [0.717, 1.165) is 12.1 Å². The maximum Gasteiger partial charge on any atom is 0.247 e. The van der Waals surface area contributed by atoms with Gasteiger partial charge in [-0.3, -0.25) is 0 Å². The van der Waals surface area contributed by atoms with Crippen molar-refractivity contribution in [1.82, 2.24) is 14.5 Å². The second-order valence-corrected chi connectivity index (χ2v) is 8.55. The maximum atomic E-state index is 13.1. The molecule has 6 nitrogen and oxygen atoms in total. The summed E-state index contributed by atoms with van der Waals surface area (Å²) in [6.07, 6.45) is 1.35. The highest BCUT2D eigenvalue weighted by atomic mass is 32.2. The van der Waals surface area contributed by atoms with Crippen LogP contribution < -0.4 is 0 Å². The van der Waals surface area contributed by atoms with Crippen LogP contribution >= 0.6 is 0 Å². The smallest absolute Gasteiger partial charge is 0.247 e. The van der Waals surface area contributed by atoms with Crippen LogP contribution in [0.4, 0.5) is 8.78 Å². The second-order valence-electron chi connectivity index (χ2n) is 6.61. The summed E-state index contributed by atoms with van der Waals surface area (Å²) in [5.74, 6) is -0.496. The van der Waals surface area contributed by atoms with E-state index in [9.17, 15) is 17.2 Å². The summed E-state index contributed by atoms with van der Waals surface area (Å²) in [4.78, 5) is 0.0482. The number of sulfonamides is 1. The minimum absolute atomic E-state index is 0.0482. The fourth-order valence-electron chi connectivity index (χ4n) is 3.23. The summed E-state index contributed by atoms with van der Waals surface area (Å²) in [6, 6.07) is 10.5. The SMILES string of the molecule is O=S(=O)(c1ccc(F)cc1)N1CCCC(c2nnc(-c3ccc(F)cc3)o2)C1. The molecule has 0 amide bonds. The Labute approximate surface area is 160 Å². The van der Waals surface area contributed by atoms with E-state index in [1.54, 1.807) is 12.1 Å². The molecule has 1 unspecified atom stereocenters. The molecule has 0 N–H and O–H groups in total. The number of halogens is 2. The molecule has 9 heteroatoms. The third kappa shape index (κ3) is 3.67. The summed E-state index contributed by atoms with van der Waals surface area (Å²) in [7, 11) is -3.73. The zero-order valence-corrected chi connectivity index (χ0v) is 15.6. The molecule has 1 atom stereocenters. The Morgan fingerprint density at radius 3 is 2.29 bits per heavy atom. The van der Waals surface area contributed by atoms with E-state index in [2.05, 4.69) is 10.2 Å². The first-order chi connectivity index (χ1) is 13.4. The van der Waals surface area contributed by atoms with Gasteiger partial charge >= 0.3 is 0 Å². The van der Waals surface area contributed by atoms with Crippen molar-refractivity contribution in [2.24, 2.45) is 0 Å². The highest BCUT2D eigenvalue weighted by molar-refractivity contribution is 7.89. The van der Waals surface area contributed by atoms with Gasteiger partial charge in [0.1, 0.15) is 11.6 Å². The van der Waals surface area contributed by atoms with E-state index >= 15 is 0 Å². The van der Waals surface area contributed by atoms with E-state index < -0.39 is 15.8 Å². The van der Waals surface area contributed by atoms with Gasteiger partial charge in [-0.1, -0.05) is 0 Å². The van der Waals surface area contributed by atoms with Gasteiger partial charge in [-0.15, -0.1) is 10.2 Å². The molecule has 1 aromatic heterocycles. The quantitative estimate of drug-likeness (QED) is 0.663. The van der Waals surface area contributed by atoms with E-state index in [1.807, 2.05) is 0 Å². The van der Waals surface area contributed by atoms with Crippen molar-refractivity contribution in [1.29, 1.82) is 0 Å². The standard InChI is InChI=1S/C19H17F2N3O3S/c20-15-5-3-13(4-6-15)18-22-23-19(27-18)14-2-1-11-24(12-14)28(25,26)17-9-7-16(21)8-10-17/h3-10,14H,1-2,11-12H2. The summed E-state index contributed by atoms with van der Waals surface area (Å²) < 4.78 is 58.9. The van der Waals surface area contributed by atoms with E-state index in [-0.39, 0.29) is 29.1 Å². The number of nitrogens with zero attached hydrogens (tertiary/aromatic N) is 3. The number of hydrogen-bond donors (Lipinski definition) is 0. The lowest BCUT2D eigenvalue weighted by Gasteiger charge is -2.30. The molecule has 1 aliphatic heterocycles. The molecule has 1 aliphatic rings. The van der Waals surface area contributed by atoms with E-state index in [0.29, 0.717) is 30.8 Å². The van der Waals surface area contributed by atoms with Gasteiger partial charge < -0.3 is 4.42 Å². The molecule has 4 rings (SSSR count). The Kier molecular flexibility index (Phi) is 4.94. The van der Waals surface area contributed by atoms with Gasteiger partial charge in [0.2, 0.25) is 21.8 Å². The topological polar surface area (TPSA) is 76.3 Å². The Bertz CT molecular complexity index is 1070. The fraction of sp³-hybridized carbons (Fsp3) is 0.263. The van der Waals surface area contributed by atoms with Gasteiger partial charge in [0.05, 0.1) is 10.8 Å². The highest BCUT2D eigenvalue weighted by Crippen LogP contribution is 2.31. The van der Waals surface area contributed by atoms with Crippen molar-refractivity contribution in [3.8, 4) is 11.5 Å². The Morgan fingerprint density at radius 2 is 1.61 bits per heavy atom. The van der Waals surface area contributed by atoms with Crippen molar-refractivity contribution >= 4 is 10.0 Å². The highest BCUT2D eigenvalue weighted by Gasteiger charge is 2.33. The predicted molar refractivity (Wildman–Crippen MR) is 96.8 cm³/mol. The minimum atomic E-state index is -3.73. The number of hydrogen-bond acceptors (Lipinski definition) is 5. The van der Waals surface area contributed by atoms with Gasteiger partial charge in [-0.25, -0.2) is 17.2 Å². The molecule has 28 heavy (non-hydrogen) atoms. The van der Waals surface area contributed by atoms with Gasteiger partial charge in [0, 0.05) is 18.7 Å². The lowest BCUT2D eigenvalue weighted by Crippen LogP contribution is -2.39. The van der Waals surface area contributed by atoms with Crippen LogP contribution in [0.1, 0.15) is 24.7 Å². The van der Waals surface area contributed by atoms with Crippen LogP contribution in [0.2, 0.25) is 0 Å². The van der Waals surface area contributed by atoms with Crippen molar-refractivity contribution in [3.63, 3.8) is 0 Å². The zero-order chi connectivity index (χ0) is 19.7. The average Bonchev–Trinajstić information content (AvgIpc) is 3.19. The molecule has 2 heterocycles. The third-order valence-corrected chi connectivity index (χ3v) is 6.60. The van der Waals surface area contributed by atoms with Gasteiger partial charge in [0.15, 0.2) is 0 Å². The minimum Gasteiger partial charge on any atom is -0.420 e. The first kappa shape index (κ1) is 18.7. The lowest BCUT2D eigenvalue weighted by molar-refractivity contribution is 0.286. The molecule has 3 aromatic rings. The molecule has 0 saturated carbocycles. The maximum absolute atomic E-state index is 13.1. The van der Waals surface area contributed by atoms with Crippen LogP contribution in [0.25, 0.3) is 11.5 Å². The van der Waals surface area contributed by atoms with Gasteiger partial charge in [0.25, 0.3) is 0 Å². The van der Waals surface area contributed by atoms with Gasteiger partial charge in [-0.2, -0.15) is 4.31 Å². The van der Waals surface area contributed by atoms with Crippen molar-refractivity contribution in [2.75, 3.05) is 13.1 Å². The molecule has 0 aliphatic carbocycles. The van der Waals surface area contributed by atoms with Crippen molar-refractivity contribution in [2.45, 2.75) is 23.7 Å². The monoisotopic (exact) mass is 405 g/mol. The molecule has 1 saturated heterocycles. The van der Waals surface area contributed by atoms with Crippen LogP contribution in [0.3, 0.4) is 0 Å². The molecule has 0 bridgehead atoms. The largest absolute Gasteiger partial charge is 0.420 e. The van der Waals surface area contributed by atoms with E-state index in [4.69, 9.17) is 4.42 Å². The fourth-order valence-corrected chi connectivity index (χ4v) is 4.75. The Morgan fingerprint density at radius 1 is 0.964 bits per heavy atom. The lowest BCUT2D eigenvalue weighted by atomic mass is 10.00. The Balaban J connectivity index is 1.54. The van der Waals surface area contributed by atoms with Gasteiger partial charge in [-0.05, 0) is 61.4 Å². The molecule has 2 aromatic carbocycles. The first-order valence-electron chi connectivity index (χ1n) is 8.78. The van der Waals surface area contributed by atoms with E-state index in [1.165, 1.54) is 28.6 Å². The van der Waals surface area contributed by atoms with Crippen LogP contribution in [0, 0.1) is 11.6 Å². The first-order valence-corrected chi connectivity index (χ1v) is 10.2. The summed E-state index contributed by atoms with van der Waals surface area (Å²) in [6.45, 7) is 0.569. The summed E-state index contributed by atoms with van der Waals surface area (Å²) in [5.41, 5.74) is 0.590. The molecule has 1 fully saturated rings. The number of rotatable bonds is 4. The predicted octanol–water partition coefficient (Wildman–Crippen LogP) is 3.58. The van der Waals surface area contributed by atoms with Crippen molar-refractivity contribution in [3.05, 3.63) is 66.1 Å². The number of aromatic nitrogens is 2. The molecule has 0 spiro atoms. The molecule has 146 valence electrons. The van der Waals surface area contributed by atoms with Crippen LogP contribution in [-0.4, -0.2) is 36.0 Å². The molecule has 0 radical (unpaired) electrons. The average molecular weight is 405 g/mol. The molecular formula is C19H17F2N3O3S. The summed E-state index contributed by atoms with van der Waals surface area (Å²) in [5, 5.41) is 8.06. The van der Waals surface area contributed by atoms with Crippen LogP contribution in [0.5, 0.6) is 0 Å². The summed E-state index contributed by atoms with van der Waals surface area (Å²) >= 11 is 0. The number of piperidine rings is 1. The normalized spacial score (nSPS) is 18.3. The van der Waals surface area contributed by atoms with Crippen LogP contribution in [0.15, 0.2) is 57.8 Å². The third-order valence-electron chi connectivity index (χ3n) is 4.72. The van der Waals surface area contributed by atoms with Crippen molar-refractivity contribution < 1.29 is 21.6 Å². The zero-order valence-electron chi connectivity index (χ0n) is 14.8. The number of benzene rings is 2. The molecular weight excluding hydrogens is 388 g/mol. The Hall–Kier alpha value is -2.65. The van der Waals surface area contributed by atoms with Crippen LogP contribution in [-0.2, 0) is 10.0 Å². The second kappa shape index (κ2) is 7.40.